The van der Waals surface area contributed by atoms with Crippen LogP contribution in [-0.4, -0.2) is 17.7 Å². The van der Waals surface area contributed by atoms with Gasteiger partial charge in [0.25, 0.3) is 5.52 Å². The molecule has 0 aliphatic heterocycles. The molecule has 0 saturated carbocycles. The summed E-state index contributed by atoms with van der Waals surface area (Å²) in [6.07, 6.45) is -0.744. The molecule has 0 N–H and O–H groups in total. The Labute approximate surface area is 131 Å². The Balaban J connectivity index is 2.52. The van der Waals surface area contributed by atoms with Crippen molar-refractivity contribution in [2.75, 3.05) is 0 Å². The molecule has 118 valence electrons. The highest BCUT2D eigenvalue weighted by molar-refractivity contribution is 7.72. The third kappa shape index (κ3) is 3.64. The Kier molecular flexibility index (Phi) is 5.17. The average Bonchev–Trinajstić information content (AvgIpc) is 2.44. The lowest BCUT2D eigenvalue weighted by Gasteiger charge is -2.22. The summed E-state index contributed by atoms with van der Waals surface area (Å²) in [6, 6.07) is 12.8. The number of benzene rings is 2. The highest BCUT2D eigenvalue weighted by Crippen LogP contribution is 2.53. The van der Waals surface area contributed by atoms with E-state index < -0.39 is 13.1 Å². The number of hydrogen-bond donors (Lipinski definition) is 0. The van der Waals surface area contributed by atoms with Crippen molar-refractivity contribution in [2.45, 2.75) is 39.9 Å². The van der Waals surface area contributed by atoms with Gasteiger partial charge in [0.2, 0.25) is 0 Å². The van der Waals surface area contributed by atoms with Gasteiger partial charge in [0.05, 0.1) is 12.2 Å². The molecule has 5 heteroatoms. The van der Waals surface area contributed by atoms with Crippen LogP contribution in [-0.2, 0) is 13.6 Å². The molecule has 0 aliphatic carbocycles. The second kappa shape index (κ2) is 6.74. The fourth-order valence-electron chi connectivity index (χ4n) is 2.24. The molecular weight excluding hydrogens is 299 g/mol. The zero-order chi connectivity index (χ0) is 16.3. The number of carbonyl (C=O) groups is 1. The van der Waals surface area contributed by atoms with Crippen LogP contribution < -0.4 is 0 Å². The number of rotatable bonds is 6. The molecular formula is C17H21O4P. The monoisotopic (exact) mass is 320 g/mol. The van der Waals surface area contributed by atoms with Gasteiger partial charge in [-0.05, 0) is 38.5 Å². The molecule has 0 unspecified atom stereocenters. The fraction of sp³-hybridized carbons (Fsp3) is 0.353. The van der Waals surface area contributed by atoms with E-state index in [9.17, 15) is 9.36 Å². The molecule has 22 heavy (non-hydrogen) atoms. The van der Waals surface area contributed by atoms with Crippen molar-refractivity contribution in [2.24, 2.45) is 0 Å². The van der Waals surface area contributed by atoms with Gasteiger partial charge in [-0.3, -0.25) is 9.36 Å². The van der Waals surface area contributed by atoms with E-state index in [4.69, 9.17) is 9.05 Å². The second-order valence-corrected chi connectivity index (χ2v) is 7.46. The summed E-state index contributed by atoms with van der Waals surface area (Å²) in [5.41, 5.74) is -0.227. The molecule has 0 bridgehead atoms. The average molecular weight is 320 g/mol. The van der Waals surface area contributed by atoms with E-state index in [0.717, 1.165) is 10.8 Å². The number of fused-ring (bicyclic) bond motifs is 1. The van der Waals surface area contributed by atoms with Crippen LogP contribution in [0.1, 0.15) is 38.1 Å². The van der Waals surface area contributed by atoms with Crippen LogP contribution in [0.4, 0.5) is 0 Å². The summed E-state index contributed by atoms with van der Waals surface area (Å²) < 4.78 is 23.8. The zero-order valence-electron chi connectivity index (χ0n) is 13.3. The van der Waals surface area contributed by atoms with Gasteiger partial charge in [0, 0.05) is 5.56 Å². The van der Waals surface area contributed by atoms with E-state index >= 15 is 0 Å². The van der Waals surface area contributed by atoms with Crippen LogP contribution in [0.3, 0.4) is 0 Å². The van der Waals surface area contributed by atoms with Crippen LogP contribution in [0.25, 0.3) is 10.8 Å². The largest absolute Gasteiger partial charge is 0.402 e. The van der Waals surface area contributed by atoms with Crippen molar-refractivity contribution in [1.82, 2.24) is 0 Å². The lowest BCUT2D eigenvalue weighted by Crippen LogP contribution is -2.14. The van der Waals surface area contributed by atoms with Crippen molar-refractivity contribution >= 4 is 23.9 Å². The second-order valence-electron chi connectivity index (χ2n) is 5.64. The Morgan fingerprint density at radius 2 is 1.45 bits per heavy atom. The normalized spacial score (nSPS) is 12.3. The molecule has 0 fully saturated rings. The van der Waals surface area contributed by atoms with E-state index in [1.54, 1.807) is 39.8 Å². The third-order valence-electron chi connectivity index (χ3n) is 2.97. The summed E-state index contributed by atoms with van der Waals surface area (Å²) in [4.78, 5) is 12.8. The van der Waals surface area contributed by atoms with Gasteiger partial charge >= 0.3 is 7.60 Å². The molecule has 2 rings (SSSR count). The van der Waals surface area contributed by atoms with E-state index in [2.05, 4.69) is 0 Å². The molecule has 0 spiro atoms. The van der Waals surface area contributed by atoms with Gasteiger partial charge in [-0.1, -0.05) is 42.5 Å². The quantitative estimate of drug-likeness (QED) is 0.701. The maximum absolute atomic E-state index is 13.0. The summed E-state index contributed by atoms with van der Waals surface area (Å²) in [5, 5.41) is 1.66. The molecule has 2 aromatic carbocycles. The van der Waals surface area contributed by atoms with Gasteiger partial charge in [0.1, 0.15) is 0 Å². The van der Waals surface area contributed by atoms with Crippen molar-refractivity contribution < 1.29 is 18.4 Å². The van der Waals surface area contributed by atoms with Crippen molar-refractivity contribution in [3.8, 4) is 0 Å². The summed E-state index contributed by atoms with van der Waals surface area (Å²) in [6.45, 7) is 6.92. The molecule has 0 aliphatic rings. The lowest BCUT2D eigenvalue weighted by molar-refractivity contribution is 0.0925. The van der Waals surface area contributed by atoms with Crippen LogP contribution in [0.2, 0.25) is 0 Å². The van der Waals surface area contributed by atoms with Crippen LogP contribution in [0, 0.1) is 0 Å². The molecule has 0 saturated heterocycles. The first-order valence-electron chi connectivity index (χ1n) is 7.33. The van der Waals surface area contributed by atoms with Gasteiger partial charge < -0.3 is 9.05 Å². The highest BCUT2D eigenvalue weighted by Gasteiger charge is 2.38. The minimum Gasteiger partial charge on any atom is -0.300 e. The number of carbonyl (C=O) groups excluding carboxylic acids is 1. The Morgan fingerprint density at radius 3 is 2.05 bits per heavy atom. The van der Waals surface area contributed by atoms with E-state index in [0.29, 0.717) is 5.56 Å². The molecule has 0 atom stereocenters. The first-order chi connectivity index (χ1) is 10.3. The number of hydrogen-bond acceptors (Lipinski definition) is 4. The summed E-state index contributed by atoms with van der Waals surface area (Å²) >= 11 is 0. The van der Waals surface area contributed by atoms with E-state index in [-0.39, 0.29) is 12.2 Å². The van der Waals surface area contributed by atoms with Gasteiger partial charge in [-0.15, -0.1) is 0 Å². The molecule has 4 nitrogen and oxygen atoms in total. The summed E-state index contributed by atoms with van der Waals surface area (Å²) in [5.74, 6) is 0. The van der Waals surface area contributed by atoms with Gasteiger partial charge in [-0.2, -0.15) is 0 Å². The predicted octanol–water partition coefficient (Wildman–Crippen LogP) is 5.02. The highest BCUT2D eigenvalue weighted by atomic mass is 31.2. The van der Waals surface area contributed by atoms with Gasteiger partial charge in [-0.25, -0.2) is 0 Å². The first-order valence-corrected chi connectivity index (χ1v) is 8.87. The SMILES string of the molecule is CC(C)OP(=O)(OC(C)C)C(=O)c1cccc2ccccc12. The van der Waals surface area contributed by atoms with Crippen LogP contribution in [0.15, 0.2) is 42.5 Å². The Bertz CT molecular complexity index is 702. The lowest BCUT2D eigenvalue weighted by atomic mass is 10.1. The molecule has 0 radical (unpaired) electrons. The molecule has 0 heterocycles. The maximum atomic E-state index is 13.0. The molecule has 0 aromatic heterocycles. The fourth-order valence-corrected chi connectivity index (χ4v) is 4.08. The Morgan fingerprint density at radius 1 is 0.909 bits per heavy atom. The van der Waals surface area contributed by atoms with Crippen molar-refractivity contribution in [1.29, 1.82) is 0 Å². The predicted molar refractivity (Wildman–Crippen MR) is 88.3 cm³/mol. The van der Waals surface area contributed by atoms with Crippen molar-refractivity contribution in [3.05, 3.63) is 48.0 Å². The maximum Gasteiger partial charge on any atom is 0.402 e. The standard InChI is InChI=1S/C17H21O4P/c1-12(2)20-22(19,21-13(3)4)17(18)16-11-7-9-14-8-5-6-10-15(14)16/h5-13H,1-4H3. The van der Waals surface area contributed by atoms with E-state index in [1.165, 1.54) is 0 Å². The minimum absolute atomic E-state index is 0.364. The summed E-state index contributed by atoms with van der Waals surface area (Å²) in [7, 11) is -3.89. The molecule has 0 amide bonds. The molecule has 2 aromatic rings. The first kappa shape index (κ1) is 16.9. The Hall–Kier alpha value is -1.48. The third-order valence-corrected chi connectivity index (χ3v) is 5.10. The topological polar surface area (TPSA) is 52.6 Å². The van der Waals surface area contributed by atoms with Crippen LogP contribution in [0.5, 0.6) is 0 Å². The smallest absolute Gasteiger partial charge is 0.300 e. The van der Waals surface area contributed by atoms with Crippen molar-refractivity contribution in [3.63, 3.8) is 0 Å². The van der Waals surface area contributed by atoms with Gasteiger partial charge in [0.15, 0.2) is 0 Å². The zero-order valence-corrected chi connectivity index (χ0v) is 14.2. The van der Waals surface area contributed by atoms with E-state index in [1.807, 2.05) is 30.3 Å². The minimum atomic E-state index is -3.89. The van der Waals surface area contributed by atoms with Crippen LogP contribution >= 0.6 is 7.60 Å².